The standard InChI is InChI=1S/C18H31NO4/c1-3-5-7-11-19(12-8-6-4-2)17(20)15-13-9-10-14(23-13)16(15)18(21)22/h13-16H,3-12H2,1-2H3,(H,21,22)/t13-,14+,15+,16+/m1/s1. The summed E-state index contributed by atoms with van der Waals surface area (Å²) in [5.74, 6) is -2.00. The van der Waals surface area contributed by atoms with E-state index >= 15 is 0 Å². The summed E-state index contributed by atoms with van der Waals surface area (Å²) >= 11 is 0. The van der Waals surface area contributed by atoms with E-state index in [0.717, 1.165) is 64.5 Å². The predicted octanol–water partition coefficient (Wildman–Crippen LogP) is 3.07. The van der Waals surface area contributed by atoms with E-state index in [1.54, 1.807) is 0 Å². The molecular formula is C18H31NO4. The number of carboxylic acids is 1. The third-order valence-electron chi connectivity index (χ3n) is 5.22. The van der Waals surface area contributed by atoms with Crippen molar-refractivity contribution in [1.82, 2.24) is 4.90 Å². The van der Waals surface area contributed by atoms with Gasteiger partial charge in [-0.25, -0.2) is 0 Å². The quantitative estimate of drug-likeness (QED) is 0.627. The Labute approximate surface area is 139 Å². The Morgan fingerprint density at radius 2 is 1.48 bits per heavy atom. The van der Waals surface area contributed by atoms with Gasteiger partial charge in [-0.05, 0) is 25.7 Å². The molecule has 0 unspecified atom stereocenters. The monoisotopic (exact) mass is 325 g/mol. The highest BCUT2D eigenvalue weighted by Gasteiger charge is 2.56. The Morgan fingerprint density at radius 1 is 0.957 bits per heavy atom. The highest BCUT2D eigenvalue weighted by atomic mass is 16.5. The van der Waals surface area contributed by atoms with Crippen LogP contribution in [0.15, 0.2) is 0 Å². The van der Waals surface area contributed by atoms with Crippen LogP contribution >= 0.6 is 0 Å². The molecule has 2 saturated heterocycles. The number of ether oxygens (including phenoxy) is 1. The zero-order chi connectivity index (χ0) is 16.8. The van der Waals surface area contributed by atoms with Crippen molar-refractivity contribution in [1.29, 1.82) is 0 Å². The van der Waals surface area contributed by atoms with Crippen LogP contribution in [0.3, 0.4) is 0 Å². The van der Waals surface area contributed by atoms with Crippen LogP contribution in [0.25, 0.3) is 0 Å². The molecule has 5 heteroatoms. The molecule has 5 nitrogen and oxygen atoms in total. The zero-order valence-corrected chi connectivity index (χ0v) is 14.5. The number of nitrogens with zero attached hydrogens (tertiary/aromatic N) is 1. The summed E-state index contributed by atoms with van der Waals surface area (Å²) in [5.41, 5.74) is 0. The van der Waals surface area contributed by atoms with Crippen molar-refractivity contribution in [2.45, 2.75) is 77.4 Å². The van der Waals surface area contributed by atoms with Gasteiger partial charge in [-0.1, -0.05) is 39.5 Å². The Bertz CT molecular complexity index is 402. The number of aliphatic carboxylic acids is 1. The van der Waals surface area contributed by atoms with E-state index in [9.17, 15) is 14.7 Å². The molecule has 1 amide bonds. The lowest BCUT2D eigenvalue weighted by Gasteiger charge is -2.31. The number of unbranched alkanes of at least 4 members (excludes halogenated alkanes) is 4. The van der Waals surface area contributed by atoms with Crippen molar-refractivity contribution in [3.63, 3.8) is 0 Å². The second kappa shape index (κ2) is 8.67. The first-order chi connectivity index (χ1) is 11.1. The van der Waals surface area contributed by atoms with Crippen LogP contribution in [0.1, 0.15) is 65.2 Å². The summed E-state index contributed by atoms with van der Waals surface area (Å²) < 4.78 is 5.75. The summed E-state index contributed by atoms with van der Waals surface area (Å²) in [6.45, 7) is 5.79. The summed E-state index contributed by atoms with van der Waals surface area (Å²) in [4.78, 5) is 26.5. The molecule has 23 heavy (non-hydrogen) atoms. The fourth-order valence-electron chi connectivity index (χ4n) is 3.95. The molecule has 0 aromatic rings. The predicted molar refractivity (Wildman–Crippen MR) is 88.1 cm³/mol. The van der Waals surface area contributed by atoms with E-state index in [-0.39, 0.29) is 18.1 Å². The van der Waals surface area contributed by atoms with E-state index < -0.39 is 17.8 Å². The van der Waals surface area contributed by atoms with Gasteiger partial charge in [-0.3, -0.25) is 9.59 Å². The third-order valence-corrected chi connectivity index (χ3v) is 5.22. The average molecular weight is 325 g/mol. The minimum Gasteiger partial charge on any atom is -0.481 e. The topological polar surface area (TPSA) is 66.8 Å². The molecule has 2 aliphatic heterocycles. The second-order valence-electron chi connectivity index (χ2n) is 6.92. The smallest absolute Gasteiger partial charge is 0.310 e. The van der Waals surface area contributed by atoms with Crippen molar-refractivity contribution in [3.8, 4) is 0 Å². The Balaban J connectivity index is 2.03. The van der Waals surface area contributed by atoms with E-state index in [1.165, 1.54) is 0 Å². The maximum absolute atomic E-state index is 13.0. The summed E-state index contributed by atoms with van der Waals surface area (Å²) in [5, 5.41) is 9.51. The number of carbonyl (C=O) groups is 2. The lowest BCUT2D eigenvalue weighted by molar-refractivity contribution is -0.151. The lowest BCUT2D eigenvalue weighted by Crippen LogP contribution is -2.46. The van der Waals surface area contributed by atoms with Crippen LogP contribution in [-0.2, 0) is 14.3 Å². The van der Waals surface area contributed by atoms with Crippen LogP contribution in [0.4, 0.5) is 0 Å². The molecule has 0 saturated carbocycles. The van der Waals surface area contributed by atoms with Gasteiger partial charge >= 0.3 is 5.97 Å². The first-order valence-corrected chi connectivity index (χ1v) is 9.27. The molecule has 0 aliphatic carbocycles. The summed E-state index contributed by atoms with van der Waals surface area (Å²) in [7, 11) is 0. The van der Waals surface area contributed by atoms with Gasteiger partial charge in [0.15, 0.2) is 0 Å². The van der Waals surface area contributed by atoms with Crippen LogP contribution in [-0.4, -0.2) is 47.2 Å². The van der Waals surface area contributed by atoms with Gasteiger partial charge in [0.05, 0.1) is 24.0 Å². The van der Waals surface area contributed by atoms with Crippen LogP contribution in [0.5, 0.6) is 0 Å². The lowest BCUT2D eigenvalue weighted by atomic mass is 9.78. The van der Waals surface area contributed by atoms with Crippen molar-refractivity contribution in [2.75, 3.05) is 13.1 Å². The Hall–Kier alpha value is -1.10. The number of carbonyl (C=O) groups excluding carboxylic acids is 1. The molecule has 1 N–H and O–H groups in total. The van der Waals surface area contributed by atoms with E-state index in [2.05, 4.69) is 13.8 Å². The Kier molecular flexibility index (Phi) is 6.88. The molecule has 4 atom stereocenters. The average Bonchev–Trinajstić information content (AvgIpc) is 3.14. The van der Waals surface area contributed by atoms with Gasteiger partial charge in [0.25, 0.3) is 0 Å². The molecule has 2 aliphatic rings. The molecule has 2 heterocycles. The fraction of sp³-hybridized carbons (Fsp3) is 0.889. The zero-order valence-electron chi connectivity index (χ0n) is 14.5. The maximum Gasteiger partial charge on any atom is 0.310 e. The number of hydrogen-bond donors (Lipinski definition) is 1. The fourth-order valence-corrected chi connectivity index (χ4v) is 3.95. The molecule has 2 fully saturated rings. The minimum atomic E-state index is -0.877. The summed E-state index contributed by atoms with van der Waals surface area (Å²) in [6.07, 6.45) is 7.58. The minimum absolute atomic E-state index is 0.0109. The van der Waals surface area contributed by atoms with Crippen LogP contribution in [0, 0.1) is 11.8 Å². The Morgan fingerprint density at radius 3 is 1.96 bits per heavy atom. The van der Waals surface area contributed by atoms with Crippen molar-refractivity contribution >= 4 is 11.9 Å². The first-order valence-electron chi connectivity index (χ1n) is 9.27. The van der Waals surface area contributed by atoms with Gasteiger partial charge in [-0.2, -0.15) is 0 Å². The first kappa shape index (κ1) is 18.2. The van der Waals surface area contributed by atoms with Crippen LogP contribution in [0.2, 0.25) is 0 Å². The van der Waals surface area contributed by atoms with Gasteiger partial charge < -0.3 is 14.7 Å². The molecule has 0 aromatic carbocycles. The highest BCUT2D eigenvalue weighted by Crippen LogP contribution is 2.44. The number of amides is 1. The van der Waals surface area contributed by atoms with Crippen molar-refractivity contribution in [3.05, 3.63) is 0 Å². The molecule has 0 aromatic heterocycles. The molecule has 0 radical (unpaired) electrons. The second-order valence-corrected chi connectivity index (χ2v) is 6.92. The maximum atomic E-state index is 13.0. The van der Waals surface area contributed by atoms with Crippen molar-refractivity contribution < 1.29 is 19.4 Å². The molecule has 132 valence electrons. The highest BCUT2D eigenvalue weighted by molar-refractivity contribution is 5.86. The van der Waals surface area contributed by atoms with Crippen LogP contribution < -0.4 is 0 Å². The largest absolute Gasteiger partial charge is 0.481 e. The van der Waals surface area contributed by atoms with Gasteiger partial charge in [0, 0.05) is 13.1 Å². The SMILES string of the molecule is CCCCCN(CCCCC)C(=O)[C@@H]1[C@@H](C(=O)O)[C@@H]2CC[C@H]1O2. The van der Waals surface area contributed by atoms with E-state index in [1.807, 2.05) is 4.90 Å². The number of carboxylic acid groups (broad SMARTS) is 1. The van der Waals surface area contributed by atoms with Crippen molar-refractivity contribution in [2.24, 2.45) is 11.8 Å². The molecule has 0 spiro atoms. The molecular weight excluding hydrogens is 294 g/mol. The molecule has 2 bridgehead atoms. The van der Waals surface area contributed by atoms with E-state index in [0.29, 0.717) is 0 Å². The van der Waals surface area contributed by atoms with Gasteiger partial charge in [-0.15, -0.1) is 0 Å². The third kappa shape index (κ3) is 4.25. The number of rotatable bonds is 10. The summed E-state index contributed by atoms with van der Waals surface area (Å²) in [6, 6.07) is 0. The normalized spacial score (nSPS) is 29.0. The number of hydrogen-bond acceptors (Lipinski definition) is 3. The van der Waals surface area contributed by atoms with E-state index in [4.69, 9.17) is 4.74 Å². The van der Waals surface area contributed by atoms with Gasteiger partial charge in [0.2, 0.25) is 5.91 Å². The van der Waals surface area contributed by atoms with Gasteiger partial charge in [0.1, 0.15) is 0 Å². The molecule has 2 rings (SSSR count). The number of fused-ring (bicyclic) bond motifs is 2.